The van der Waals surface area contributed by atoms with Crippen LogP contribution in [0, 0.1) is 11.3 Å². The van der Waals surface area contributed by atoms with E-state index in [-0.39, 0.29) is 11.9 Å². The molecule has 0 atom stereocenters. The van der Waals surface area contributed by atoms with Gasteiger partial charge in [-0.2, -0.15) is 10.4 Å². The predicted molar refractivity (Wildman–Crippen MR) is 84.9 cm³/mol. The van der Waals surface area contributed by atoms with E-state index in [4.69, 9.17) is 5.26 Å². The van der Waals surface area contributed by atoms with Crippen molar-refractivity contribution in [1.82, 2.24) is 20.1 Å². The molecule has 0 spiro atoms. The molecule has 1 amide bonds. The summed E-state index contributed by atoms with van der Waals surface area (Å²) in [6.07, 6.45) is 6.78. The number of aromatic nitrogens is 3. The Morgan fingerprint density at radius 2 is 2.13 bits per heavy atom. The van der Waals surface area contributed by atoms with E-state index in [9.17, 15) is 4.79 Å². The van der Waals surface area contributed by atoms with Gasteiger partial charge in [0.05, 0.1) is 23.6 Å². The van der Waals surface area contributed by atoms with Gasteiger partial charge in [-0.1, -0.05) is 0 Å². The number of rotatable bonds is 3. The van der Waals surface area contributed by atoms with Gasteiger partial charge in [0.2, 0.25) is 0 Å². The lowest BCUT2D eigenvalue weighted by atomic mass is 10.0. The SMILES string of the molecule is Cn1cc(C(=O)NC2CCN(c3ccc(C#N)nc3)CC2)cn1. The van der Waals surface area contributed by atoms with Gasteiger partial charge in [0.25, 0.3) is 5.91 Å². The van der Waals surface area contributed by atoms with E-state index in [0.29, 0.717) is 11.3 Å². The highest BCUT2D eigenvalue weighted by Gasteiger charge is 2.22. The van der Waals surface area contributed by atoms with E-state index >= 15 is 0 Å². The Balaban J connectivity index is 1.53. The van der Waals surface area contributed by atoms with Gasteiger partial charge < -0.3 is 10.2 Å². The van der Waals surface area contributed by atoms with Crippen LogP contribution in [0.1, 0.15) is 28.9 Å². The van der Waals surface area contributed by atoms with Crippen molar-refractivity contribution in [1.29, 1.82) is 5.26 Å². The minimum absolute atomic E-state index is 0.0726. The van der Waals surface area contributed by atoms with E-state index in [1.165, 1.54) is 0 Å². The molecule has 2 aromatic heterocycles. The Morgan fingerprint density at radius 3 is 2.70 bits per heavy atom. The number of nitriles is 1. The van der Waals surface area contributed by atoms with Gasteiger partial charge in [-0.25, -0.2) is 4.98 Å². The molecule has 0 bridgehead atoms. The van der Waals surface area contributed by atoms with Crippen LogP contribution >= 0.6 is 0 Å². The largest absolute Gasteiger partial charge is 0.370 e. The summed E-state index contributed by atoms with van der Waals surface area (Å²) in [6.45, 7) is 1.71. The second-order valence-corrected chi connectivity index (χ2v) is 5.65. The minimum atomic E-state index is -0.0726. The first kappa shape index (κ1) is 15.0. The lowest BCUT2D eigenvalue weighted by Gasteiger charge is -2.33. The number of nitrogens with one attached hydrogen (secondary N) is 1. The second-order valence-electron chi connectivity index (χ2n) is 5.65. The zero-order valence-corrected chi connectivity index (χ0v) is 12.9. The number of anilines is 1. The van der Waals surface area contributed by atoms with Crippen LogP contribution < -0.4 is 10.2 Å². The Morgan fingerprint density at radius 1 is 1.35 bits per heavy atom. The van der Waals surface area contributed by atoms with Gasteiger partial charge in [-0.3, -0.25) is 9.48 Å². The van der Waals surface area contributed by atoms with Crippen molar-refractivity contribution >= 4 is 11.6 Å². The fourth-order valence-corrected chi connectivity index (χ4v) is 2.73. The predicted octanol–water partition coefficient (Wildman–Crippen LogP) is 1.09. The molecule has 0 aliphatic carbocycles. The average Bonchev–Trinajstić information content (AvgIpc) is 3.02. The number of pyridine rings is 1. The number of aryl methyl sites for hydroxylation is 1. The first-order chi connectivity index (χ1) is 11.2. The highest BCUT2D eigenvalue weighted by atomic mass is 16.1. The number of piperidine rings is 1. The van der Waals surface area contributed by atoms with Crippen LogP contribution in [0.3, 0.4) is 0 Å². The molecule has 118 valence electrons. The molecular formula is C16H18N6O. The number of carbonyl (C=O) groups is 1. The summed E-state index contributed by atoms with van der Waals surface area (Å²) in [5, 5.41) is 15.9. The average molecular weight is 310 g/mol. The molecule has 1 N–H and O–H groups in total. The highest BCUT2D eigenvalue weighted by molar-refractivity contribution is 5.93. The number of hydrogen-bond acceptors (Lipinski definition) is 5. The minimum Gasteiger partial charge on any atom is -0.370 e. The van der Waals surface area contributed by atoms with Crippen molar-refractivity contribution in [3.63, 3.8) is 0 Å². The van der Waals surface area contributed by atoms with Crippen LogP contribution in [-0.2, 0) is 7.05 Å². The van der Waals surface area contributed by atoms with E-state index in [1.807, 2.05) is 12.1 Å². The zero-order chi connectivity index (χ0) is 16.2. The van der Waals surface area contributed by atoms with Gasteiger partial charge in [0.15, 0.2) is 0 Å². The lowest BCUT2D eigenvalue weighted by molar-refractivity contribution is 0.0931. The van der Waals surface area contributed by atoms with Crippen molar-refractivity contribution in [3.8, 4) is 6.07 Å². The van der Waals surface area contributed by atoms with Crippen LogP contribution in [0.5, 0.6) is 0 Å². The van der Waals surface area contributed by atoms with Gasteiger partial charge in [-0.15, -0.1) is 0 Å². The Bertz CT molecular complexity index is 722. The van der Waals surface area contributed by atoms with Gasteiger partial charge >= 0.3 is 0 Å². The van der Waals surface area contributed by atoms with Crippen LogP contribution in [0.15, 0.2) is 30.7 Å². The molecule has 3 rings (SSSR count). The third-order valence-electron chi connectivity index (χ3n) is 4.02. The third-order valence-corrected chi connectivity index (χ3v) is 4.02. The van der Waals surface area contributed by atoms with Crippen LogP contribution in [0.4, 0.5) is 5.69 Å². The monoisotopic (exact) mass is 310 g/mol. The van der Waals surface area contributed by atoms with E-state index in [2.05, 4.69) is 20.3 Å². The summed E-state index contributed by atoms with van der Waals surface area (Å²) < 4.78 is 1.62. The standard InChI is InChI=1S/C16H18N6O/c1-21-11-12(9-19-21)16(23)20-13-4-6-22(7-5-13)15-3-2-14(8-17)18-10-15/h2-3,9-11,13H,4-7H2,1H3,(H,20,23). The summed E-state index contributed by atoms with van der Waals surface area (Å²) in [4.78, 5) is 18.5. The smallest absolute Gasteiger partial charge is 0.254 e. The lowest BCUT2D eigenvalue weighted by Crippen LogP contribution is -2.44. The summed E-state index contributed by atoms with van der Waals surface area (Å²) in [5.74, 6) is -0.0726. The molecule has 0 unspecified atom stereocenters. The molecule has 1 fully saturated rings. The molecule has 23 heavy (non-hydrogen) atoms. The van der Waals surface area contributed by atoms with E-state index in [1.54, 1.807) is 36.4 Å². The molecular weight excluding hydrogens is 292 g/mol. The molecule has 1 aliphatic heterocycles. The zero-order valence-electron chi connectivity index (χ0n) is 12.9. The highest BCUT2D eigenvalue weighted by Crippen LogP contribution is 2.19. The quantitative estimate of drug-likeness (QED) is 0.917. The third kappa shape index (κ3) is 3.48. The summed E-state index contributed by atoms with van der Waals surface area (Å²) >= 11 is 0. The molecule has 7 nitrogen and oxygen atoms in total. The Labute approximate surface area is 134 Å². The maximum absolute atomic E-state index is 12.1. The molecule has 0 saturated carbocycles. The van der Waals surface area contributed by atoms with Gasteiger partial charge in [0.1, 0.15) is 11.8 Å². The Kier molecular flexibility index (Phi) is 4.24. The second kappa shape index (κ2) is 6.48. The van der Waals surface area contributed by atoms with Crippen molar-refractivity contribution < 1.29 is 4.79 Å². The molecule has 3 heterocycles. The Hall–Kier alpha value is -2.88. The maximum Gasteiger partial charge on any atom is 0.254 e. The number of nitrogens with zero attached hydrogens (tertiary/aromatic N) is 5. The summed E-state index contributed by atoms with van der Waals surface area (Å²) in [5.41, 5.74) is 2.03. The molecule has 1 aliphatic rings. The molecule has 1 saturated heterocycles. The first-order valence-electron chi connectivity index (χ1n) is 7.56. The van der Waals surface area contributed by atoms with E-state index in [0.717, 1.165) is 31.6 Å². The number of carbonyl (C=O) groups excluding carboxylic acids is 1. The molecule has 7 heteroatoms. The normalized spacial score (nSPS) is 15.2. The van der Waals surface area contributed by atoms with Crippen molar-refractivity contribution in [2.45, 2.75) is 18.9 Å². The van der Waals surface area contributed by atoms with Gasteiger partial charge in [-0.05, 0) is 25.0 Å². The summed E-state index contributed by atoms with van der Waals surface area (Å²) in [7, 11) is 1.79. The molecule has 0 radical (unpaired) electrons. The fraction of sp³-hybridized carbons (Fsp3) is 0.375. The maximum atomic E-state index is 12.1. The van der Waals surface area contributed by atoms with Crippen molar-refractivity contribution in [2.75, 3.05) is 18.0 Å². The molecule has 0 aromatic carbocycles. The molecule has 2 aromatic rings. The topological polar surface area (TPSA) is 86.8 Å². The first-order valence-corrected chi connectivity index (χ1v) is 7.56. The number of hydrogen-bond donors (Lipinski definition) is 1. The number of amides is 1. The van der Waals surface area contributed by atoms with E-state index < -0.39 is 0 Å². The van der Waals surface area contributed by atoms with Crippen LogP contribution in [0.25, 0.3) is 0 Å². The summed E-state index contributed by atoms with van der Waals surface area (Å²) in [6, 6.07) is 5.84. The van der Waals surface area contributed by atoms with Crippen molar-refractivity contribution in [3.05, 3.63) is 42.0 Å². The van der Waals surface area contributed by atoms with Gasteiger partial charge in [0, 0.05) is 32.4 Å². The van der Waals surface area contributed by atoms with Crippen LogP contribution in [0.2, 0.25) is 0 Å². The fourth-order valence-electron chi connectivity index (χ4n) is 2.73. The van der Waals surface area contributed by atoms with Crippen LogP contribution in [-0.4, -0.2) is 39.8 Å². The van der Waals surface area contributed by atoms with Crippen molar-refractivity contribution in [2.24, 2.45) is 7.05 Å².